The second-order valence-corrected chi connectivity index (χ2v) is 9.34. The molecule has 35 heavy (non-hydrogen) atoms. The number of nitrogens with zero attached hydrogens (tertiary/aromatic N) is 4. The number of rotatable bonds is 3. The third kappa shape index (κ3) is 4.18. The molecule has 9 heteroatoms. The highest BCUT2D eigenvalue weighted by Crippen LogP contribution is 2.43. The Hall–Kier alpha value is -3.33. The van der Waals surface area contributed by atoms with E-state index in [1.165, 1.54) is 12.1 Å². The molecular formula is C26H26F3N5O. The van der Waals surface area contributed by atoms with Gasteiger partial charge in [0.25, 0.3) is 0 Å². The van der Waals surface area contributed by atoms with E-state index in [1.54, 1.807) is 25.4 Å². The van der Waals surface area contributed by atoms with Gasteiger partial charge in [0, 0.05) is 24.5 Å². The van der Waals surface area contributed by atoms with E-state index in [0.29, 0.717) is 23.8 Å². The zero-order valence-corrected chi connectivity index (χ0v) is 19.6. The Kier molecular flexibility index (Phi) is 5.83. The van der Waals surface area contributed by atoms with Crippen molar-refractivity contribution in [2.75, 3.05) is 18.0 Å². The Balaban J connectivity index is 1.54. The number of aromatic nitrogens is 3. The van der Waals surface area contributed by atoms with E-state index < -0.39 is 23.2 Å². The quantitative estimate of drug-likeness (QED) is 0.588. The average Bonchev–Trinajstić information content (AvgIpc) is 3.31. The topological polar surface area (TPSA) is 71.0 Å². The smallest absolute Gasteiger partial charge is 0.314 e. The van der Waals surface area contributed by atoms with Crippen LogP contribution in [0.1, 0.15) is 48.1 Å². The van der Waals surface area contributed by atoms with Gasteiger partial charge in [-0.3, -0.25) is 9.69 Å². The lowest BCUT2D eigenvalue weighted by molar-refractivity contribution is -0.137. The summed E-state index contributed by atoms with van der Waals surface area (Å²) in [5.74, 6) is 0.421. The van der Waals surface area contributed by atoms with Gasteiger partial charge < -0.3 is 5.32 Å². The van der Waals surface area contributed by atoms with Gasteiger partial charge in [0.1, 0.15) is 5.82 Å². The van der Waals surface area contributed by atoms with Crippen molar-refractivity contribution in [3.05, 3.63) is 71.2 Å². The van der Waals surface area contributed by atoms with E-state index in [9.17, 15) is 18.0 Å². The molecule has 6 nitrogen and oxygen atoms in total. The molecule has 1 N–H and O–H groups in total. The van der Waals surface area contributed by atoms with Gasteiger partial charge in [0.15, 0.2) is 5.82 Å². The molecule has 1 aromatic carbocycles. The summed E-state index contributed by atoms with van der Waals surface area (Å²) >= 11 is 0. The molecule has 1 amide bonds. The first-order valence-corrected chi connectivity index (χ1v) is 11.7. The van der Waals surface area contributed by atoms with Gasteiger partial charge in [0.05, 0.1) is 22.7 Å². The Morgan fingerprint density at radius 2 is 1.86 bits per heavy atom. The molecule has 4 heterocycles. The number of amides is 1. The van der Waals surface area contributed by atoms with E-state index in [0.717, 1.165) is 54.8 Å². The predicted octanol–water partition coefficient (Wildman–Crippen LogP) is 4.68. The van der Waals surface area contributed by atoms with Gasteiger partial charge in [-0.15, -0.1) is 0 Å². The fraction of sp³-hybridized carbons (Fsp3) is 0.385. The number of nitrogens with one attached hydrogen (secondary N) is 1. The first kappa shape index (κ1) is 23.4. The lowest BCUT2D eigenvalue weighted by Gasteiger charge is -2.45. The second kappa shape index (κ2) is 8.71. The minimum Gasteiger partial charge on any atom is -0.314 e. The maximum absolute atomic E-state index is 14.0. The van der Waals surface area contributed by atoms with E-state index in [2.05, 4.69) is 15.3 Å². The Bertz CT molecular complexity index is 1240. The lowest BCUT2D eigenvalue weighted by atomic mass is 9.82. The number of pyridine rings is 1. The van der Waals surface area contributed by atoms with Gasteiger partial charge in [-0.2, -0.15) is 13.2 Å². The van der Waals surface area contributed by atoms with Crippen molar-refractivity contribution in [2.24, 2.45) is 0 Å². The van der Waals surface area contributed by atoms with Crippen molar-refractivity contribution < 1.29 is 18.0 Å². The number of fused-ring (bicyclic) bond motifs is 1. The Morgan fingerprint density at radius 1 is 1.14 bits per heavy atom. The molecule has 2 atom stereocenters. The number of hydrogen-bond acceptors (Lipinski definition) is 5. The molecule has 5 rings (SSSR count). The molecule has 1 spiro atoms. The van der Waals surface area contributed by atoms with Crippen LogP contribution in [0, 0.1) is 6.92 Å². The highest BCUT2D eigenvalue weighted by Gasteiger charge is 2.48. The number of anilines is 1. The van der Waals surface area contributed by atoms with Crippen LogP contribution in [-0.4, -0.2) is 39.5 Å². The summed E-state index contributed by atoms with van der Waals surface area (Å²) in [5.41, 5.74) is 1.90. The third-order valence-corrected chi connectivity index (χ3v) is 7.17. The van der Waals surface area contributed by atoms with Crippen LogP contribution in [0.5, 0.6) is 0 Å². The molecule has 2 aliphatic rings. The molecule has 0 bridgehead atoms. The zero-order valence-electron chi connectivity index (χ0n) is 19.6. The van der Waals surface area contributed by atoms with E-state index >= 15 is 0 Å². The van der Waals surface area contributed by atoms with Crippen molar-refractivity contribution in [3.63, 3.8) is 0 Å². The van der Waals surface area contributed by atoms with Gasteiger partial charge in [-0.25, -0.2) is 15.0 Å². The summed E-state index contributed by atoms with van der Waals surface area (Å²) in [6, 6.07) is 8.62. The van der Waals surface area contributed by atoms with Gasteiger partial charge in [0.2, 0.25) is 5.91 Å². The normalized spacial score (nSPS) is 20.7. The Labute approximate surface area is 201 Å². The van der Waals surface area contributed by atoms with Crippen LogP contribution in [0.25, 0.3) is 11.4 Å². The molecule has 2 aliphatic heterocycles. The minimum absolute atomic E-state index is 0.162. The molecule has 1 fully saturated rings. The highest BCUT2D eigenvalue weighted by molar-refractivity contribution is 5.99. The van der Waals surface area contributed by atoms with Gasteiger partial charge >= 0.3 is 6.18 Å². The summed E-state index contributed by atoms with van der Waals surface area (Å²) < 4.78 is 39.1. The van der Waals surface area contributed by atoms with Crippen LogP contribution in [0.15, 0.2) is 48.8 Å². The number of benzene rings is 1. The highest BCUT2D eigenvalue weighted by atomic mass is 19.4. The van der Waals surface area contributed by atoms with Crippen LogP contribution in [0.3, 0.4) is 0 Å². The van der Waals surface area contributed by atoms with Crippen molar-refractivity contribution in [1.29, 1.82) is 0 Å². The van der Waals surface area contributed by atoms with Crippen LogP contribution >= 0.6 is 0 Å². The maximum atomic E-state index is 14.0. The number of carbonyl (C=O) groups excluding carboxylic acids is 1. The third-order valence-electron chi connectivity index (χ3n) is 7.17. The van der Waals surface area contributed by atoms with Crippen molar-refractivity contribution >= 4 is 11.7 Å². The molecular weight excluding hydrogens is 455 g/mol. The van der Waals surface area contributed by atoms with Crippen LogP contribution in [0.4, 0.5) is 19.0 Å². The summed E-state index contributed by atoms with van der Waals surface area (Å²) in [5, 5.41) is 3.39. The Morgan fingerprint density at radius 3 is 2.49 bits per heavy atom. The van der Waals surface area contributed by atoms with E-state index in [1.807, 2.05) is 17.9 Å². The van der Waals surface area contributed by atoms with Gasteiger partial charge in [-0.1, -0.05) is 12.1 Å². The van der Waals surface area contributed by atoms with Gasteiger partial charge in [-0.05, 0) is 75.0 Å². The summed E-state index contributed by atoms with van der Waals surface area (Å²) in [7, 11) is 0. The van der Waals surface area contributed by atoms with E-state index in [4.69, 9.17) is 4.98 Å². The van der Waals surface area contributed by atoms with Crippen molar-refractivity contribution in [3.8, 4) is 11.4 Å². The molecule has 3 aromatic rings. The molecule has 0 radical (unpaired) electrons. The van der Waals surface area contributed by atoms with Crippen LogP contribution < -0.4 is 10.2 Å². The standard InChI is InChI=1S/C26H26F3N5O/c1-16(18-4-6-20(7-5-18)26(27,28)29)24(35)34-23-19(8-9-25(34)10-13-30-15-25)14-21(17(2)33-23)22-31-11-3-12-32-22/h3-7,11-12,14,16,30H,8-10,13,15H2,1-2H3. The minimum atomic E-state index is -4.42. The number of carbonyl (C=O) groups is 1. The first-order chi connectivity index (χ1) is 16.7. The first-order valence-electron chi connectivity index (χ1n) is 11.7. The molecule has 0 saturated carbocycles. The molecule has 2 unspecified atom stereocenters. The number of alkyl halides is 3. The zero-order chi connectivity index (χ0) is 24.8. The predicted molar refractivity (Wildman–Crippen MR) is 126 cm³/mol. The van der Waals surface area contributed by atoms with Crippen LogP contribution in [0.2, 0.25) is 0 Å². The number of aryl methyl sites for hydroxylation is 2. The van der Waals surface area contributed by atoms with Crippen LogP contribution in [-0.2, 0) is 17.4 Å². The molecule has 2 aromatic heterocycles. The summed E-state index contributed by atoms with van der Waals surface area (Å²) in [4.78, 5) is 29.4. The summed E-state index contributed by atoms with van der Waals surface area (Å²) in [6.07, 6.45) is 1.28. The molecule has 0 aliphatic carbocycles. The number of hydrogen-bond donors (Lipinski definition) is 1. The monoisotopic (exact) mass is 481 g/mol. The molecule has 182 valence electrons. The largest absolute Gasteiger partial charge is 0.416 e. The lowest BCUT2D eigenvalue weighted by Crippen LogP contribution is -2.57. The molecule has 1 saturated heterocycles. The van der Waals surface area contributed by atoms with E-state index in [-0.39, 0.29) is 5.91 Å². The maximum Gasteiger partial charge on any atom is 0.416 e. The second-order valence-electron chi connectivity index (χ2n) is 9.34. The fourth-order valence-electron chi connectivity index (χ4n) is 5.15. The fourth-order valence-corrected chi connectivity index (χ4v) is 5.15. The SMILES string of the molecule is Cc1nc2c(cc1-c1ncccn1)CCC1(CCNC1)N2C(=O)C(C)c1ccc(C(F)(F)F)cc1. The van der Waals surface area contributed by atoms with Crippen molar-refractivity contribution in [1.82, 2.24) is 20.3 Å². The average molecular weight is 482 g/mol. The summed E-state index contributed by atoms with van der Waals surface area (Å²) in [6.45, 7) is 5.07. The number of halogens is 3. The van der Waals surface area contributed by atoms with Crippen molar-refractivity contribution in [2.45, 2.75) is 50.7 Å².